The van der Waals surface area contributed by atoms with Gasteiger partial charge in [-0.15, -0.1) is 0 Å². The number of amides is 2. The summed E-state index contributed by atoms with van der Waals surface area (Å²) in [6.07, 6.45) is 7.89. The third-order valence-corrected chi connectivity index (χ3v) is 7.33. The first kappa shape index (κ1) is 20.8. The molecule has 174 valence electrons. The average molecular weight is 459 g/mol. The maximum absolute atomic E-state index is 13.4. The van der Waals surface area contributed by atoms with Crippen molar-refractivity contribution < 1.29 is 18.7 Å². The standard InChI is InChI=1S/C26H26N4O4/c1-14-20(26(32)30-16-4-5-17(30)7-6-16)13-29-24(14)21(10-11-28-29)34-18-8-9-19-22(12-18)33-15(2)23(19)25(31)27-3/h8-13,16-17H,4-7H2,1-3H3,(H,27,31). The van der Waals surface area contributed by atoms with Crippen molar-refractivity contribution in [2.75, 3.05) is 7.05 Å². The number of aromatic nitrogens is 2. The second-order valence-electron chi connectivity index (χ2n) is 9.20. The molecule has 0 unspecified atom stereocenters. The van der Waals surface area contributed by atoms with Crippen LogP contribution in [0.2, 0.25) is 0 Å². The molecule has 2 aliphatic heterocycles. The molecule has 34 heavy (non-hydrogen) atoms. The molecule has 2 amide bonds. The molecular formula is C26H26N4O4. The summed E-state index contributed by atoms with van der Waals surface area (Å²) in [5, 5.41) is 7.81. The van der Waals surface area contributed by atoms with E-state index in [4.69, 9.17) is 9.15 Å². The number of rotatable bonds is 4. The monoisotopic (exact) mass is 458 g/mol. The Bertz CT molecular complexity index is 1450. The summed E-state index contributed by atoms with van der Waals surface area (Å²) in [5.74, 6) is 1.63. The molecule has 1 N–H and O–H groups in total. The van der Waals surface area contributed by atoms with Gasteiger partial charge in [0.05, 0.1) is 17.3 Å². The third-order valence-electron chi connectivity index (χ3n) is 7.33. The lowest BCUT2D eigenvalue weighted by atomic mass is 10.0. The molecule has 0 aliphatic carbocycles. The van der Waals surface area contributed by atoms with Gasteiger partial charge in [-0.05, 0) is 57.2 Å². The number of aryl methyl sites for hydroxylation is 2. The van der Waals surface area contributed by atoms with Crippen LogP contribution in [0.4, 0.5) is 0 Å². The summed E-state index contributed by atoms with van der Waals surface area (Å²) in [7, 11) is 1.60. The van der Waals surface area contributed by atoms with E-state index in [9.17, 15) is 9.59 Å². The lowest BCUT2D eigenvalue weighted by Gasteiger charge is -2.21. The quantitative estimate of drug-likeness (QED) is 0.482. The molecule has 0 saturated carbocycles. The van der Waals surface area contributed by atoms with Crippen LogP contribution in [0.25, 0.3) is 16.5 Å². The number of nitrogens with zero attached hydrogens (tertiary/aromatic N) is 3. The minimum atomic E-state index is -0.187. The summed E-state index contributed by atoms with van der Waals surface area (Å²) in [5.41, 5.74) is 3.40. The maximum Gasteiger partial charge on any atom is 0.256 e. The van der Waals surface area contributed by atoms with Crippen molar-refractivity contribution in [3.8, 4) is 11.5 Å². The molecule has 2 bridgehead atoms. The van der Waals surface area contributed by atoms with Crippen molar-refractivity contribution in [1.82, 2.24) is 19.8 Å². The normalized spacial score (nSPS) is 19.3. The number of fused-ring (bicyclic) bond motifs is 4. The van der Waals surface area contributed by atoms with Gasteiger partial charge in [-0.2, -0.15) is 5.10 Å². The van der Waals surface area contributed by atoms with E-state index in [-0.39, 0.29) is 11.8 Å². The molecule has 2 aliphatic rings. The Labute approximate surface area is 196 Å². The Morgan fingerprint density at radius 3 is 2.56 bits per heavy atom. The molecule has 8 nitrogen and oxygen atoms in total. The highest BCUT2D eigenvalue weighted by atomic mass is 16.5. The number of hydrogen-bond acceptors (Lipinski definition) is 5. The number of carbonyl (C=O) groups is 2. The fourth-order valence-corrected chi connectivity index (χ4v) is 5.70. The largest absolute Gasteiger partial charge is 0.460 e. The van der Waals surface area contributed by atoms with Gasteiger partial charge in [-0.1, -0.05) is 0 Å². The molecule has 5 heterocycles. The molecule has 2 fully saturated rings. The van der Waals surface area contributed by atoms with Crippen LogP contribution in [0.1, 0.15) is 57.7 Å². The van der Waals surface area contributed by atoms with Crippen molar-refractivity contribution in [2.24, 2.45) is 0 Å². The van der Waals surface area contributed by atoms with Crippen LogP contribution in [0.15, 0.2) is 41.1 Å². The molecule has 4 aromatic rings. The number of nitrogens with one attached hydrogen (secondary N) is 1. The van der Waals surface area contributed by atoms with Gasteiger partial charge in [-0.25, -0.2) is 4.52 Å². The van der Waals surface area contributed by atoms with Gasteiger partial charge in [0.1, 0.15) is 22.6 Å². The van der Waals surface area contributed by atoms with Crippen LogP contribution in [0.3, 0.4) is 0 Å². The van der Waals surface area contributed by atoms with E-state index in [2.05, 4.69) is 15.3 Å². The van der Waals surface area contributed by atoms with E-state index >= 15 is 0 Å². The third kappa shape index (κ3) is 3.01. The van der Waals surface area contributed by atoms with Crippen LogP contribution < -0.4 is 10.1 Å². The lowest BCUT2D eigenvalue weighted by molar-refractivity contribution is 0.0729. The fraction of sp³-hybridized carbons (Fsp3) is 0.346. The molecule has 2 saturated heterocycles. The van der Waals surface area contributed by atoms with E-state index < -0.39 is 0 Å². The molecule has 0 spiro atoms. The van der Waals surface area contributed by atoms with Gasteiger partial charge in [0.15, 0.2) is 5.75 Å². The maximum atomic E-state index is 13.4. The Morgan fingerprint density at radius 2 is 1.85 bits per heavy atom. The minimum absolute atomic E-state index is 0.0909. The first-order valence-corrected chi connectivity index (χ1v) is 11.7. The predicted molar refractivity (Wildman–Crippen MR) is 127 cm³/mol. The van der Waals surface area contributed by atoms with Crippen molar-refractivity contribution in [2.45, 2.75) is 51.6 Å². The van der Waals surface area contributed by atoms with Crippen molar-refractivity contribution in [3.05, 3.63) is 59.1 Å². The predicted octanol–water partition coefficient (Wildman–Crippen LogP) is 4.62. The zero-order chi connectivity index (χ0) is 23.6. The van der Waals surface area contributed by atoms with E-state index in [1.807, 2.05) is 25.3 Å². The Balaban J connectivity index is 1.36. The van der Waals surface area contributed by atoms with Crippen molar-refractivity contribution >= 4 is 28.3 Å². The minimum Gasteiger partial charge on any atom is -0.460 e. The van der Waals surface area contributed by atoms with Gasteiger partial charge in [0.25, 0.3) is 11.8 Å². The Hall–Kier alpha value is -3.81. The number of ether oxygens (including phenoxy) is 1. The lowest BCUT2D eigenvalue weighted by Crippen LogP contribution is -2.35. The SMILES string of the molecule is CNC(=O)c1c(C)oc2cc(Oc3ccnn4cc(C(=O)N5C6CCC5CC6)c(C)c34)ccc12. The van der Waals surface area contributed by atoms with Gasteiger partial charge in [0, 0.05) is 42.8 Å². The van der Waals surface area contributed by atoms with Crippen LogP contribution in [-0.4, -0.2) is 45.5 Å². The summed E-state index contributed by atoms with van der Waals surface area (Å²) in [4.78, 5) is 27.7. The first-order valence-electron chi connectivity index (χ1n) is 11.7. The molecule has 1 aromatic carbocycles. The molecule has 0 radical (unpaired) electrons. The summed E-state index contributed by atoms with van der Waals surface area (Å²) >= 11 is 0. The van der Waals surface area contributed by atoms with Crippen molar-refractivity contribution in [3.63, 3.8) is 0 Å². The van der Waals surface area contributed by atoms with E-state index in [1.165, 1.54) is 0 Å². The fourth-order valence-electron chi connectivity index (χ4n) is 5.70. The van der Waals surface area contributed by atoms with Crippen LogP contribution >= 0.6 is 0 Å². The molecule has 0 atom stereocenters. The first-order chi connectivity index (χ1) is 16.5. The van der Waals surface area contributed by atoms with Crippen LogP contribution in [-0.2, 0) is 0 Å². The highest BCUT2D eigenvalue weighted by molar-refractivity contribution is 6.07. The van der Waals surface area contributed by atoms with Gasteiger partial charge in [0.2, 0.25) is 0 Å². The summed E-state index contributed by atoms with van der Waals surface area (Å²) in [6.45, 7) is 3.72. The van der Waals surface area contributed by atoms with Gasteiger partial charge < -0.3 is 19.4 Å². The van der Waals surface area contributed by atoms with Crippen LogP contribution in [0.5, 0.6) is 11.5 Å². The number of carbonyl (C=O) groups excluding carboxylic acids is 2. The Morgan fingerprint density at radius 1 is 1.12 bits per heavy atom. The molecule has 8 heteroatoms. The Kier molecular flexibility index (Phi) is 4.65. The second-order valence-corrected chi connectivity index (χ2v) is 9.20. The molecule has 3 aromatic heterocycles. The zero-order valence-corrected chi connectivity index (χ0v) is 19.4. The molecule has 6 rings (SSSR count). The number of benzene rings is 1. The second kappa shape index (κ2) is 7.62. The average Bonchev–Trinajstić information content (AvgIpc) is 3.59. The van der Waals surface area contributed by atoms with Crippen molar-refractivity contribution in [1.29, 1.82) is 0 Å². The van der Waals surface area contributed by atoms with Crippen LogP contribution in [0, 0.1) is 13.8 Å². The number of hydrogen-bond donors (Lipinski definition) is 1. The summed E-state index contributed by atoms with van der Waals surface area (Å²) in [6, 6.07) is 7.94. The topological polar surface area (TPSA) is 89.1 Å². The zero-order valence-electron chi connectivity index (χ0n) is 19.4. The van der Waals surface area contributed by atoms with Gasteiger partial charge >= 0.3 is 0 Å². The molecular weight excluding hydrogens is 432 g/mol. The van der Waals surface area contributed by atoms with E-state index in [1.54, 1.807) is 36.8 Å². The smallest absolute Gasteiger partial charge is 0.256 e. The van der Waals surface area contributed by atoms with E-state index in [0.29, 0.717) is 46.1 Å². The van der Waals surface area contributed by atoms with Gasteiger partial charge in [-0.3, -0.25) is 9.59 Å². The highest BCUT2D eigenvalue weighted by Crippen LogP contribution is 2.40. The highest BCUT2D eigenvalue weighted by Gasteiger charge is 2.43. The number of furan rings is 1. The van der Waals surface area contributed by atoms with E-state index in [0.717, 1.165) is 42.1 Å². The summed E-state index contributed by atoms with van der Waals surface area (Å²) < 4.78 is 13.8.